The fourth-order valence-corrected chi connectivity index (χ4v) is 1.89. The predicted molar refractivity (Wildman–Crippen MR) is 69.8 cm³/mol. The van der Waals surface area contributed by atoms with Gasteiger partial charge in [0.05, 0.1) is 12.2 Å². The molecule has 0 fully saturated rings. The van der Waals surface area contributed by atoms with Gasteiger partial charge < -0.3 is 16.2 Å². The third-order valence-electron chi connectivity index (χ3n) is 2.68. The first-order valence-corrected chi connectivity index (χ1v) is 6.08. The summed E-state index contributed by atoms with van der Waals surface area (Å²) < 4.78 is 38.7. The monoisotopic (exact) mass is 276 g/mol. The van der Waals surface area contributed by atoms with Crippen LogP contribution in [0.15, 0.2) is 18.2 Å². The minimum Gasteiger partial charge on any atom is -0.399 e. The van der Waals surface area contributed by atoms with Gasteiger partial charge in [0.1, 0.15) is 0 Å². The molecule has 0 saturated heterocycles. The van der Waals surface area contributed by atoms with E-state index in [1.165, 1.54) is 12.1 Å². The van der Waals surface area contributed by atoms with Crippen LogP contribution in [0.3, 0.4) is 0 Å². The molecule has 0 radical (unpaired) electrons. The first-order valence-electron chi connectivity index (χ1n) is 6.08. The average molecular weight is 276 g/mol. The van der Waals surface area contributed by atoms with E-state index < -0.39 is 17.8 Å². The van der Waals surface area contributed by atoms with E-state index in [1.54, 1.807) is 0 Å². The molecule has 0 heterocycles. The Bertz CT molecular complexity index is 419. The maximum absolute atomic E-state index is 12.9. The first-order chi connectivity index (χ1) is 8.74. The molecule has 0 aliphatic rings. The van der Waals surface area contributed by atoms with Gasteiger partial charge in [-0.2, -0.15) is 13.2 Å². The molecule has 0 aliphatic carbocycles. The molecule has 6 heteroatoms. The molecule has 19 heavy (non-hydrogen) atoms. The van der Waals surface area contributed by atoms with Crippen molar-refractivity contribution in [1.29, 1.82) is 0 Å². The number of hydrogen-bond acceptors (Lipinski definition) is 3. The summed E-state index contributed by atoms with van der Waals surface area (Å²) in [6.45, 7) is 3.66. The Hall–Kier alpha value is -1.43. The number of nitrogens with two attached hydrogens (primary N) is 1. The molecule has 0 saturated carbocycles. The lowest BCUT2D eigenvalue weighted by molar-refractivity contribution is -0.136. The maximum atomic E-state index is 12.9. The lowest BCUT2D eigenvalue weighted by Crippen LogP contribution is -2.27. The summed E-state index contributed by atoms with van der Waals surface area (Å²) in [4.78, 5) is 0. The van der Waals surface area contributed by atoms with Gasteiger partial charge in [-0.3, -0.25) is 0 Å². The number of benzene rings is 1. The number of aliphatic hydroxyl groups is 1. The molecule has 0 amide bonds. The average Bonchev–Trinajstić information content (AvgIpc) is 2.28. The molecule has 0 bridgehead atoms. The molecule has 1 unspecified atom stereocenters. The molecule has 3 nitrogen and oxygen atoms in total. The van der Waals surface area contributed by atoms with E-state index in [1.807, 2.05) is 13.8 Å². The van der Waals surface area contributed by atoms with Gasteiger partial charge in [0.15, 0.2) is 0 Å². The molecule has 108 valence electrons. The summed E-state index contributed by atoms with van der Waals surface area (Å²) in [5.74, 6) is 0.271. The SMILES string of the molecule is CC(C)CC(CO)Nc1ccc(N)cc1C(F)(F)F. The summed E-state index contributed by atoms with van der Waals surface area (Å²) in [5.41, 5.74) is 4.58. The number of aliphatic hydroxyl groups excluding tert-OH is 1. The topological polar surface area (TPSA) is 58.3 Å². The molecular weight excluding hydrogens is 257 g/mol. The van der Waals surface area contributed by atoms with Crippen LogP contribution in [0, 0.1) is 5.92 Å². The first kappa shape index (κ1) is 15.6. The minimum absolute atomic E-state index is 0.0543. The Labute approximate surface area is 110 Å². The van der Waals surface area contributed by atoms with E-state index in [0.717, 1.165) is 6.07 Å². The predicted octanol–water partition coefficient (Wildman–Crippen LogP) is 3.11. The van der Waals surface area contributed by atoms with Gasteiger partial charge in [0.25, 0.3) is 0 Å². The van der Waals surface area contributed by atoms with E-state index in [4.69, 9.17) is 5.73 Å². The minimum atomic E-state index is -4.48. The van der Waals surface area contributed by atoms with Crippen molar-refractivity contribution in [3.05, 3.63) is 23.8 Å². The Morgan fingerprint density at radius 2 is 1.95 bits per heavy atom. The number of alkyl halides is 3. The van der Waals surface area contributed by atoms with E-state index in [-0.39, 0.29) is 23.9 Å². The van der Waals surface area contributed by atoms with E-state index in [2.05, 4.69) is 5.32 Å². The third-order valence-corrected chi connectivity index (χ3v) is 2.68. The molecule has 1 aromatic carbocycles. The van der Waals surface area contributed by atoms with Crippen molar-refractivity contribution in [2.45, 2.75) is 32.5 Å². The van der Waals surface area contributed by atoms with E-state index in [9.17, 15) is 18.3 Å². The number of anilines is 2. The van der Waals surface area contributed by atoms with Gasteiger partial charge in [-0.15, -0.1) is 0 Å². The number of rotatable bonds is 5. The van der Waals surface area contributed by atoms with E-state index in [0.29, 0.717) is 6.42 Å². The van der Waals surface area contributed by atoms with Crippen molar-refractivity contribution < 1.29 is 18.3 Å². The molecule has 1 aromatic rings. The second-order valence-corrected chi connectivity index (χ2v) is 4.96. The van der Waals surface area contributed by atoms with Gasteiger partial charge in [-0.1, -0.05) is 13.8 Å². The summed E-state index contributed by atoms with van der Waals surface area (Å²) in [6.07, 6.45) is -3.90. The smallest absolute Gasteiger partial charge is 0.399 e. The molecule has 0 aliphatic heterocycles. The van der Waals surface area contributed by atoms with Crippen molar-refractivity contribution >= 4 is 11.4 Å². The number of nitrogens with one attached hydrogen (secondary N) is 1. The van der Waals surface area contributed by atoms with Gasteiger partial charge in [0.2, 0.25) is 0 Å². The highest BCUT2D eigenvalue weighted by molar-refractivity contribution is 5.59. The second-order valence-electron chi connectivity index (χ2n) is 4.96. The van der Waals surface area contributed by atoms with Crippen LogP contribution >= 0.6 is 0 Å². The lowest BCUT2D eigenvalue weighted by atomic mass is 10.0. The fraction of sp³-hybridized carbons (Fsp3) is 0.538. The summed E-state index contributed by atoms with van der Waals surface area (Å²) in [5, 5.41) is 12.0. The summed E-state index contributed by atoms with van der Waals surface area (Å²) in [6, 6.07) is 3.18. The Kier molecular flexibility index (Phi) is 5.05. The zero-order valence-corrected chi connectivity index (χ0v) is 11.0. The van der Waals surface area contributed by atoms with Gasteiger partial charge in [-0.05, 0) is 30.5 Å². The molecule has 0 spiro atoms. The third kappa shape index (κ3) is 4.63. The Morgan fingerprint density at radius 3 is 2.42 bits per heavy atom. The molecule has 1 rings (SSSR count). The molecule has 4 N–H and O–H groups in total. The van der Waals surface area contributed by atoms with E-state index >= 15 is 0 Å². The van der Waals surface area contributed by atoms with Gasteiger partial charge in [-0.25, -0.2) is 0 Å². The van der Waals surface area contributed by atoms with Crippen molar-refractivity contribution in [2.75, 3.05) is 17.7 Å². The number of nitrogen functional groups attached to an aromatic ring is 1. The van der Waals surface area contributed by atoms with Crippen LogP contribution in [0.4, 0.5) is 24.5 Å². The molecule has 0 aromatic heterocycles. The van der Waals surface area contributed by atoms with Crippen molar-refractivity contribution in [1.82, 2.24) is 0 Å². The second kappa shape index (κ2) is 6.14. The Balaban J connectivity index is 2.99. The van der Waals surface area contributed by atoms with Crippen molar-refractivity contribution in [2.24, 2.45) is 5.92 Å². The fourth-order valence-electron chi connectivity index (χ4n) is 1.89. The number of hydrogen-bond donors (Lipinski definition) is 3. The largest absolute Gasteiger partial charge is 0.418 e. The lowest BCUT2D eigenvalue weighted by Gasteiger charge is -2.22. The van der Waals surface area contributed by atoms with Gasteiger partial charge >= 0.3 is 6.18 Å². The zero-order valence-electron chi connectivity index (χ0n) is 11.0. The highest BCUT2D eigenvalue weighted by Gasteiger charge is 2.34. The van der Waals surface area contributed by atoms with Crippen molar-refractivity contribution in [3.63, 3.8) is 0 Å². The van der Waals surface area contributed by atoms with Crippen LogP contribution in [0.5, 0.6) is 0 Å². The van der Waals surface area contributed by atoms with Gasteiger partial charge in [0, 0.05) is 17.4 Å². The highest BCUT2D eigenvalue weighted by atomic mass is 19.4. The van der Waals surface area contributed by atoms with Crippen LogP contribution in [0.1, 0.15) is 25.8 Å². The zero-order chi connectivity index (χ0) is 14.6. The maximum Gasteiger partial charge on any atom is 0.418 e. The van der Waals surface area contributed by atoms with Crippen molar-refractivity contribution in [3.8, 4) is 0 Å². The summed E-state index contributed by atoms with van der Waals surface area (Å²) in [7, 11) is 0. The Morgan fingerprint density at radius 1 is 1.32 bits per heavy atom. The molecule has 1 atom stereocenters. The van der Waals surface area contributed by atoms with Crippen LogP contribution in [0.2, 0.25) is 0 Å². The quantitative estimate of drug-likeness (QED) is 0.724. The van der Waals surface area contributed by atoms with Crippen LogP contribution in [0.25, 0.3) is 0 Å². The normalized spacial score (nSPS) is 13.6. The number of halogens is 3. The summed E-state index contributed by atoms with van der Waals surface area (Å²) >= 11 is 0. The standard InChI is InChI=1S/C13H19F3N2O/c1-8(2)5-10(7-19)18-12-4-3-9(17)6-11(12)13(14,15)16/h3-4,6,8,10,18-19H,5,7,17H2,1-2H3. The van der Waals surface area contributed by atoms with Crippen LogP contribution < -0.4 is 11.1 Å². The van der Waals surface area contributed by atoms with Crippen LogP contribution in [-0.2, 0) is 6.18 Å². The van der Waals surface area contributed by atoms with Crippen LogP contribution in [-0.4, -0.2) is 17.8 Å². The highest BCUT2D eigenvalue weighted by Crippen LogP contribution is 2.36. The molecular formula is C13H19F3N2O.